The molecule has 0 saturated heterocycles. The number of carbonyl (C=O) groups is 1. The number of carbonyl (C=O) groups excluding carboxylic acids is 1. The Morgan fingerprint density at radius 3 is 2.83 bits per heavy atom. The fraction of sp³-hybridized carbons (Fsp3) is 0.312. The second kappa shape index (κ2) is 6.64. The number of hydrogen-bond donors (Lipinski definition) is 0. The van der Waals surface area contributed by atoms with E-state index in [1.54, 1.807) is 34.6 Å². The normalized spacial score (nSPS) is 10.9. The van der Waals surface area contributed by atoms with E-state index >= 15 is 0 Å². The number of rotatable bonds is 5. The highest BCUT2D eigenvalue weighted by Crippen LogP contribution is 2.28. The molecule has 0 aliphatic heterocycles. The van der Waals surface area contributed by atoms with Crippen LogP contribution >= 0.6 is 22.7 Å². The zero-order valence-electron chi connectivity index (χ0n) is 13.2. The molecule has 0 aliphatic rings. The predicted octanol–water partition coefficient (Wildman–Crippen LogP) is 3.68. The van der Waals surface area contributed by atoms with Crippen LogP contribution in [0.25, 0.3) is 9.88 Å². The van der Waals surface area contributed by atoms with Crippen molar-refractivity contribution < 1.29 is 9.32 Å². The maximum absolute atomic E-state index is 12.4. The first-order valence-corrected chi connectivity index (χ1v) is 8.94. The molecule has 0 spiro atoms. The number of thiazole rings is 1. The first kappa shape index (κ1) is 15.9. The minimum atomic E-state index is 0.0325. The van der Waals surface area contributed by atoms with E-state index in [-0.39, 0.29) is 5.91 Å². The molecular weight excluding hydrogens is 330 g/mol. The molecule has 0 N–H and O–H groups in total. The first-order valence-electron chi connectivity index (χ1n) is 7.18. The molecule has 120 valence electrons. The van der Waals surface area contributed by atoms with Crippen molar-refractivity contribution in [3.63, 3.8) is 0 Å². The van der Waals surface area contributed by atoms with Crippen LogP contribution in [0.5, 0.6) is 0 Å². The van der Waals surface area contributed by atoms with Gasteiger partial charge in [-0.2, -0.15) is 0 Å². The zero-order chi connectivity index (χ0) is 16.4. The molecule has 7 heteroatoms. The Balaban J connectivity index is 1.65. The van der Waals surface area contributed by atoms with Gasteiger partial charge in [0.15, 0.2) is 0 Å². The molecule has 0 unspecified atom stereocenters. The monoisotopic (exact) mass is 347 g/mol. The van der Waals surface area contributed by atoms with Crippen molar-refractivity contribution in [1.82, 2.24) is 15.0 Å². The summed E-state index contributed by atoms with van der Waals surface area (Å²) in [5.41, 5.74) is 2.56. The Morgan fingerprint density at radius 2 is 2.17 bits per heavy atom. The average Bonchev–Trinajstić information content (AvgIpc) is 3.24. The Morgan fingerprint density at radius 1 is 1.35 bits per heavy atom. The molecule has 5 nitrogen and oxygen atoms in total. The highest BCUT2D eigenvalue weighted by molar-refractivity contribution is 7.20. The van der Waals surface area contributed by atoms with Gasteiger partial charge in [-0.25, -0.2) is 4.98 Å². The van der Waals surface area contributed by atoms with Crippen LogP contribution in [0.15, 0.2) is 27.4 Å². The van der Waals surface area contributed by atoms with Gasteiger partial charge in [0, 0.05) is 18.0 Å². The van der Waals surface area contributed by atoms with Gasteiger partial charge in [-0.3, -0.25) is 4.79 Å². The van der Waals surface area contributed by atoms with E-state index in [4.69, 9.17) is 4.52 Å². The Hall–Kier alpha value is -1.99. The summed E-state index contributed by atoms with van der Waals surface area (Å²) in [6, 6.07) is 4.07. The minimum absolute atomic E-state index is 0.0325. The van der Waals surface area contributed by atoms with E-state index in [9.17, 15) is 4.79 Å². The molecule has 0 aliphatic carbocycles. The number of thiophene rings is 1. The maximum Gasteiger partial charge on any atom is 0.227 e. The first-order chi connectivity index (χ1) is 11.0. The summed E-state index contributed by atoms with van der Waals surface area (Å²) >= 11 is 3.28. The average molecular weight is 347 g/mol. The highest BCUT2D eigenvalue weighted by Gasteiger charge is 2.17. The summed E-state index contributed by atoms with van der Waals surface area (Å²) in [5, 5.41) is 8.94. The highest BCUT2D eigenvalue weighted by atomic mass is 32.1. The van der Waals surface area contributed by atoms with Crippen molar-refractivity contribution in [2.24, 2.45) is 0 Å². The number of nitrogens with zero attached hydrogens (tertiary/aromatic N) is 3. The third-order valence-corrected chi connectivity index (χ3v) is 5.55. The van der Waals surface area contributed by atoms with E-state index in [1.807, 2.05) is 30.7 Å². The second-order valence-corrected chi connectivity index (χ2v) is 7.16. The van der Waals surface area contributed by atoms with Crippen LogP contribution < -0.4 is 0 Å². The van der Waals surface area contributed by atoms with Crippen molar-refractivity contribution in [2.45, 2.75) is 26.8 Å². The minimum Gasteiger partial charge on any atom is -0.361 e. The van der Waals surface area contributed by atoms with Crippen molar-refractivity contribution in [2.75, 3.05) is 7.05 Å². The van der Waals surface area contributed by atoms with Gasteiger partial charge < -0.3 is 9.42 Å². The summed E-state index contributed by atoms with van der Waals surface area (Å²) in [7, 11) is 1.80. The summed E-state index contributed by atoms with van der Waals surface area (Å²) in [6.45, 7) is 4.19. The number of amides is 1. The van der Waals surface area contributed by atoms with Crippen LogP contribution in [0.4, 0.5) is 0 Å². The number of aryl methyl sites for hydroxylation is 2. The number of likely N-dealkylation sites (N-methyl/N-ethyl adjacent to an activating group) is 1. The van der Waals surface area contributed by atoms with Gasteiger partial charge in [-0.15, -0.1) is 22.7 Å². The van der Waals surface area contributed by atoms with Crippen LogP contribution in [0.2, 0.25) is 0 Å². The molecule has 0 fully saturated rings. The zero-order valence-corrected chi connectivity index (χ0v) is 14.8. The molecule has 23 heavy (non-hydrogen) atoms. The molecule has 3 aromatic heterocycles. The van der Waals surface area contributed by atoms with Crippen LogP contribution in [0.3, 0.4) is 0 Å². The van der Waals surface area contributed by atoms with Gasteiger partial charge in [-0.1, -0.05) is 11.2 Å². The van der Waals surface area contributed by atoms with E-state index < -0.39 is 0 Å². The third-order valence-electron chi connectivity index (χ3n) is 3.62. The lowest BCUT2D eigenvalue weighted by atomic mass is 10.1. The summed E-state index contributed by atoms with van der Waals surface area (Å²) in [6.07, 6.45) is 0.305. The smallest absolute Gasteiger partial charge is 0.227 e. The van der Waals surface area contributed by atoms with E-state index in [0.29, 0.717) is 18.7 Å². The van der Waals surface area contributed by atoms with Crippen LogP contribution in [-0.4, -0.2) is 28.0 Å². The number of aromatic nitrogens is 2. The standard InChI is InChI=1S/C16H17N3O2S2/c1-10-13(11(2)21-18-10)7-15(20)19(3)8-12-9-23-16(17-12)14-5-4-6-22-14/h4-6,9H,7-8H2,1-3H3. The molecule has 3 rings (SSSR count). The Labute approximate surface area is 142 Å². The molecule has 1 amide bonds. The topological polar surface area (TPSA) is 59.2 Å². The quantitative estimate of drug-likeness (QED) is 0.706. The van der Waals surface area contributed by atoms with Crippen molar-refractivity contribution in [3.05, 3.63) is 45.6 Å². The van der Waals surface area contributed by atoms with Crippen molar-refractivity contribution in [1.29, 1.82) is 0 Å². The molecule has 0 radical (unpaired) electrons. The van der Waals surface area contributed by atoms with Crippen LogP contribution in [0.1, 0.15) is 22.7 Å². The van der Waals surface area contributed by atoms with Crippen LogP contribution in [0, 0.1) is 13.8 Å². The lowest BCUT2D eigenvalue weighted by molar-refractivity contribution is -0.129. The van der Waals surface area contributed by atoms with Gasteiger partial charge in [0.05, 0.1) is 29.2 Å². The van der Waals surface area contributed by atoms with Crippen molar-refractivity contribution in [3.8, 4) is 9.88 Å². The summed E-state index contributed by atoms with van der Waals surface area (Å²) in [5.74, 6) is 0.739. The van der Waals surface area contributed by atoms with Crippen LogP contribution in [-0.2, 0) is 17.8 Å². The summed E-state index contributed by atoms with van der Waals surface area (Å²) < 4.78 is 5.11. The Kier molecular flexibility index (Phi) is 4.58. The predicted molar refractivity (Wildman–Crippen MR) is 91.6 cm³/mol. The molecular formula is C16H17N3O2S2. The SMILES string of the molecule is Cc1noc(C)c1CC(=O)N(C)Cc1csc(-c2cccs2)n1. The lowest BCUT2D eigenvalue weighted by Gasteiger charge is -2.15. The molecule has 3 heterocycles. The van der Waals surface area contributed by atoms with Gasteiger partial charge in [0.1, 0.15) is 10.8 Å². The summed E-state index contributed by atoms with van der Waals surface area (Å²) in [4.78, 5) is 19.9. The van der Waals surface area contributed by atoms with E-state index in [1.165, 1.54) is 0 Å². The van der Waals surface area contributed by atoms with Gasteiger partial charge >= 0.3 is 0 Å². The van der Waals surface area contributed by atoms with Gasteiger partial charge in [0.25, 0.3) is 0 Å². The molecule has 0 atom stereocenters. The molecule has 0 saturated carbocycles. The second-order valence-electron chi connectivity index (χ2n) is 5.35. The van der Waals surface area contributed by atoms with Gasteiger partial charge in [-0.05, 0) is 25.3 Å². The maximum atomic E-state index is 12.4. The third kappa shape index (κ3) is 3.51. The van der Waals surface area contributed by atoms with E-state index in [2.05, 4.69) is 16.2 Å². The largest absolute Gasteiger partial charge is 0.361 e. The van der Waals surface area contributed by atoms with Gasteiger partial charge in [0.2, 0.25) is 5.91 Å². The molecule has 0 bridgehead atoms. The number of hydrogen-bond acceptors (Lipinski definition) is 6. The lowest BCUT2D eigenvalue weighted by Crippen LogP contribution is -2.28. The fourth-order valence-electron chi connectivity index (χ4n) is 2.26. The van der Waals surface area contributed by atoms with Crippen molar-refractivity contribution >= 4 is 28.6 Å². The molecule has 3 aromatic rings. The fourth-order valence-corrected chi connectivity index (χ4v) is 3.89. The van der Waals surface area contributed by atoms with E-state index in [0.717, 1.165) is 26.8 Å². The Bertz CT molecular complexity index is 786. The molecule has 0 aromatic carbocycles.